The van der Waals surface area contributed by atoms with E-state index >= 15 is 0 Å². The molecule has 1 radical (unpaired) electrons. The van der Waals surface area contributed by atoms with E-state index in [0.717, 1.165) is 6.42 Å². The van der Waals surface area contributed by atoms with Gasteiger partial charge in [0.25, 0.3) is 0 Å². The molecule has 1 atom stereocenters. The van der Waals surface area contributed by atoms with Crippen LogP contribution in [0.3, 0.4) is 0 Å². The maximum atomic E-state index is 4.12. The van der Waals surface area contributed by atoms with Crippen molar-refractivity contribution in [2.24, 2.45) is 5.92 Å². The third-order valence-corrected chi connectivity index (χ3v) is 2.06. The van der Waals surface area contributed by atoms with Gasteiger partial charge in [-0.2, -0.15) is 0 Å². The van der Waals surface area contributed by atoms with Crippen LogP contribution in [-0.4, -0.2) is 0 Å². The second kappa shape index (κ2) is 4.97. The topological polar surface area (TPSA) is 0 Å². The molecule has 12 heavy (non-hydrogen) atoms. The van der Waals surface area contributed by atoms with Crippen LogP contribution in [-0.2, 0) is 6.42 Å². The Balaban J connectivity index is 2.41. The van der Waals surface area contributed by atoms with Gasteiger partial charge in [-0.1, -0.05) is 50.1 Å². The molecule has 0 heterocycles. The summed E-state index contributed by atoms with van der Waals surface area (Å²) >= 11 is 0. The van der Waals surface area contributed by atoms with Crippen LogP contribution in [0.1, 0.15) is 25.3 Å². The third kappa shape index (κ3) is 3.08. The average molecular weight is 161 g/mol. The summed E-state index contributed by atoms with van der Waals surface area (Å²) in [4.78, 5) is 0. The second-order valence-electron chi connectivity index (χ2n) is 3.34. The first-order chi connectivity index (χ1) is 5.83. The van der Waals surface area contributed by atoms with Gasteiger partial charge in [0.1, 0.15) is 0 Å². The lowest BCUT2D eigenvalue weighted by molar-refractivity contribution is 0.574. The molecule has 0 heteroatoms. The van der Waals surface area contributed by atoms with Crippen LogP contribution in [0.4, 0.5) is 0 Å². The van der Waals surface area contributed by atoms with Crippen molar-refractivity contribution in [3.8, 4) is 0 Å². The van der Waals surface area contributed by atoms with Gasteiger partial charge < -0.3 is 0 Å². The first-order valence-corrected chi connectivity index (χ1v) is 4.70. The molecule has 1 aromatic carbocycles. The molecule has 0 fully saturated rings. The molecule has 0 saturated carbocycles. The van der Waals surface area contributed by atoms with Crippen LogP contribution in [0.15, 0.2) is 30.3 Å². The summed E-state index contributed by atoms with van der Waals surface area (Å²) in [6, 6.07) is 10.6. The lowest BCUT2D eigenvalue weighted by Gasteiger charge is -2.08. The van der Waals surface area contributed by atoms with Crippen molar-refractivity contribution in [1.29, 1.82) is 0 Å². The van der Waals surface area contributed by atoms with Crippen molar-refractivity contribution in [3.63, 3.8) is 0 Å². The molecule has 0 N–H and O–H groups in total. The molecular formula is C12H17. The lowest BCUT2D eigenvalue weighted by atomic mass is 9.97. The third-order valence-electron chi connectivity index (χ3n) is 2.06. The van der Waals surface area contributed by atoms with Crippen molar-refractivity contribution in [1.82, 2.24) is 0 Å². The largest absolute Gasteiger partial charge is 0.0654 e. The molecule has 1 rings (SSSR count). The summed E-state index contributed by atoms with van der Waals surface area (Å²) in [6.07, 6.45) is 3.59. The Morgan fingerprint density at radius 1 is 1.25 bits per heavy atom. The van der Waals surface area contributed by atoms with Gasteiger partial charge in [-0.3, -0.25) is 0 Å². The van der Waals surface area contributed by atoms with Crippen LogP contribution < -0.4 is 0 Å². The monoisotopic (exact) mass is 161 g/mol. The van der Waals surface area contributed by atoms with Gasteiger partial charge in [0.05, 0.1) is 0 Å². The number of benzene rings is 1. The highest BCUT2D eigenvalue weighted by atomic mass is 14.1. The van der Waals surface area contributed by atoms with Crippen molar-refractivity contribution in [3.05, 3.63) is 42.8 Å². The van der Waals surface area contributed by atoms with Crippen molar-refractivity contribution in [2.75, 3.05) is 0 Å². The second-order valence-corrected chi connectivity index (χ2v) is 3.34. The van der Waals surface area contributed by atoms with Crippen molar-refractivity contribution >= 4 is 0 Å². The molecule has 0 aliphatic rings. The summed E-state index contributed by atoms with van der Waals surface area (Å²) in [5.41, 5.74) is 1.41. The smallest absolute Gasteiger partial charge is 0.0250 e. The predicted molar refractivity (Wildman–Crippen MR) is 53.9 cm³/mol. The van der Waals surface area contributed by atoms with E-state index < -0.39 is 0 Å². The van der Waals surface area contributed by atoms with Crippen LogP contribution in [0.2, 0.25) is 0 Å². The minimum atomic E-state index is 0.581. The minimum absolute atomic E-state index is 0.581. The van der Waals surface area contributed by atoms with Crippen molar-refractivity contribution in [2.45, 2.75) is 26.2 Å². The Morgan fingerprint density at radius 2 is 1.92 bits per heavy atom. The summed E-state index contributed by atoms with van der Waals surface area (Å²) in [5.74, 6) is 0.581. The van der Waals surface area contributed by atoms with Crippen LogP contribution in [0, 0.1) is 12.8 Å². The maximum absolute atomic E-state index is 4.12. The molecule has 0 aliphatic heterocycles. The van der Waals surface area contributed by atoms with Crippen molar-refractivity contribution < 1.29 is 0 Å². The zero-order valence-corrected chi connectivity index (χ0v) is 7.79. The Bertz CT molecular complexity index is 201. The van der Waals surface area contributed by atoms with E-state index in [2.05, 4.69) is 44.2 Å². The fourth-order valence-electron chi connectivity index (χ4n) is 1.46. The molecule has 0 aliphatic carbocycles. The molecule has 1 aromatic rings. The van der Waals surface area contributed by atoms with Gasteiger partial charge >= 0.3 is 0 Å². The molecule has 0 nitrogen and oxygen atoms in total. The van der Waals surface area contributed by atoms with E-state index in [1.165, 1.54) is 18.4 Å². The molecule has 65 valence electrons. The summed E-state index contributed by atoms with van der Waals surface area (Å²) in [5, 5.41) is 0. The highest BCUT2D eigenvalue weighted by Gasteiger charge is 2.00. The Labute approximate surface area is 75.6 Å². The van der Waals surface area contributed by atoms with Crippen LogP contribution in [0.25, 0.3) is 0 Å². The Hall–Kier alpha value is -0.780. The van der Waals surface area contributed by atoms with E-state index in [4.69, 9.17) is 0 Å². The first kappa shape index (κ1) is 9.31. The fraction of sp³-hybridized carbons (Fsp3) is 0.417. The summed E-state index contributed by atoms with van der Waals surface area (Å²) in [6.45, 7) is 6.33. The first-order valence-electron chi connectivity index (χ1n) is 4.70. The van der Waals surface area contributed by atoms with E-state index in [1.54, 1.807) is 0 Å². The standard InChI is InChI=1S/C12H17/c1-3-7-11(2)10-12-8-5-4-6-9-12/h4-6,8-9,11H,2-3,7,10H2,1H3. The molecule has 0 aromatic heterocycles. The van der Waals surface area contributed by atoms with Gasteiger partial charge in [0.2, 0.25) is 0 Å². The SMILES string of the molecule is [CH2]C(CCC)Cc1ccccc1. The molecule has 1 unspecified atom stereocenters. The minimum Gasteiger partial charge on any atom is -0.0654 e. The van der Waals surface area contributed by atoms with Crippen LogP contribution >= 0.6 is 0 Å². The van der Waals surface area contributed by atoms with E-state index in [0.29, 0.717) is 5.92 Å². The number of hydrogen-bond donors (Lipinski definition) is 0. The maximum Gasteiger partial charge on any atom is -0.0250 e. The summed E-state index contributed by atoms with van der Waals surface area (Å²) < 4.78 is 0. The van der Waals surface area contributed by atoms with E-state index in [1.807, 2.05) is 0 Å². The Morgan fingerprint density at radius 3 is 2.50 bits per heavy atom. The summed E-state index contributed by atoms with van der Waals surface area (Å²) in [7, 11) is 0. The highest BCUT2D eigenvalue weighted by molar-refractivity contribution is 5.15. The Kier molecular flexibility index (Phi) is 3.86. The van der Waals surface area contributed by atoms with E-state index in [-0.39, 0.29) is 0 Å². The molecule has 0 bridgehead atoms. The molecule has 0 saturated heterocycles. The van der Waals surface area contributed by atoms with Gasteiger partial charge in [-0.25, -0.2) is 0 Å². The zero-order valence-electron chi connectivity index (χ0n) is 7.79. The van der Waals surface area contributed by atoms with Gasteiger partial charge in [0, 0.05) is 0 Å². The normalized spacial score (nSPS) is 12.8. The average Bonchev–Trinajstić information content (AvgIpc) is 2.06. The zero-order chi connectivity index (χ0) is 8.81. The fourth-order valence-corrected chi connectivity index (χ4v) is 1.46. The molecule has 0 spiro atoms. The molecule has 0 amide bonds. The lowest BCUT2D eigenvalue weighted by Crippen LogP contribution is -1.98. The van der Waals surface area contributed by atoms with Gasteiger partial charge in [-0.05, 0) is 24.8 Å². The quantitative estimate of drug-likeness (QED) is 0.634. The van der Waals surface area contributed by atoms with Crippen LogP contribution in [0.5, 0.6) is 0 Å². The predicted octanol–water partition coefficient (Wildman–Crippen LogP) is 3.48. The molecular weight excluding hydrogens is 144 g/mol. The van der Waals surface area contributed by atoms with Gasteiger partial charge in [0.15, 0.2) is 0 Å². The van der Waals surface area contributed by atoms with Gasteiger partial charge in [-0.15, -0.1) is 0 Å². The highest BCUT2D eigenvalue weighted by Crippen LogP contribution is 2.12. The number of hydrogen-bond acceptors (Lipinski definition) is 0. The number of rotatable bonds is 4. The van der Waals surface area contributed by atoms with E-state index in [9.17, 15) is 0 Å².